The zero-order chi connectivity index (χ0) is 21.7. The molecule has 1 saturated heterocycles. The second-order valence-corrected chi connectivity index (χ2v) is 8.98. The summed E-state index contributed by atoms with van der Waals surface area (Å²) in [7, 11) is -2.40. The fourth-order valence-corrected chi connectivity index (χ4v) is 4.81. The van der Waals surface area contributed by atoms with E-state index < -0.39 is 10.0 Å². The van der Waals surface area contributed by atoms with E-state index in [-0.39, 0.29) is 28.7 Å². The van der Waals surface area contributed by atoms with Gasteiger partial charge in [0.05, 0.1) is 7.11 Å². The Labute approximate surface area is 176 Å². The lowest BCUT2D eigenvalue weighted by Crippen LogP contribution is -2.27. The van der Waals surface area contributed by atoms with Crippen LogP contribution >= 0.6 is 0 Å². The molecule has 0 atom stereocenters. The molecule has 0 spiro atoms. The summed E-state index contributed by atoms with van der Waals surface area (Å²) in [6.45, 7) is 3.22. The fraction of sp³-hybridized carbons (Fsp3) is 0.429. The van der Waals surface area contributed by atoms with Crippen LogP contribution in [0.5, 0.6) is 5.75 Å². The van der Waals surface area contributed by atoms with Crippen LogP contribution in [-0.4, -0.2) is 39.1 Å². The van der Waals surface area contributed by atoms with Crippen LogP contribution < -0.4 is 19.9 Å². The molecular formula is C21H27N3O5S. The number of rotatable bonds is 9. The molecular weight excluding hydrogens is 406 g/mol. The van der Waals surface area contributed by atoms with Crippen molar-refractivity contribution in [2.75, 3.05) is 25.1 Å². The van der Waals surface area contributed by atoms with Crippen molar-refractivity contribution in [1.82, 2.24) is 9.29 Å². The van der Waals surface area contributed by atoms with Gasteiger partial charge >= 0.3 is 0 Å². The van der Waals surface area contributed by atoms with E-state index in [9.17, 15) is 18.0 Å². The van der Waals surface area contributed by atoms with Crippen LogP contribution in [0, 0.1) is 6.92 Å². The number of hydrogen-bond donors (Lipinski definition) is 1. The van der Waals surface area contributed by atoms with E-state index in [2.05, 4.69) is 4.72 Å². The molecule has 8 nitrogen and oxygen atoms in total. The normalized spacial score (nSPS) is 14.3. The number of methoxy groups -OCH3 is 1. The minimum Gasteiger partial charge on any atom is -0.495 e. The van der Waals surface area contributed by atoms with Crippen molar-refractivity contribution in [3.8, 4) is 5.75 Å². The molecule has 1 fully saturated rings. The van der Waals surface area contributed by atoms with E-state index in [0.717, 1.165) is 12.1 Å². The smallest absolute Gasteiger partial charge is 0.250 e. The molecule has 0 aliphatic carbocycles. The molecule has 1 aliphatic rings. The van der Waals surface area contributed by atoms with Gasteiger partial charge in [0.15, 0.2) is 0 Å². The zero-order valence-corrected chi connectivity index (χ0v) is 18.1. The monoisotopic (exact) mass is 433 g/mol. The third-order valence-corrected chi connectivity index (χ3v) is 6.67. The predicted molar refractivity (Wildman–Crippen MR) is 114 cm³/mol. The van der Waals surface area contributed by atoms with Crippen LogP contribution in [-0.2, 0) is 21.4 Å². The lowest BCUT2D eigenvalue weighted by Gasteiger charge is -2.18. The maximum absolute atomic E-state index is 12.9. The van der Waals surface area contributed by atoms with Crippen molar-refractivity contribution in [1.29, 1.82) is 0 Å². The molecule has 0 bridgehead atoms. The number of carbonyl (C=O) groups excluding carboxylic acids is 1. The number of ether oxygens (including phenoxy) is 1. The summed E-state index contributed by atoms with van der Waals surface area (Å²) >= 11 is 0. The molecule has 1 aromatic heterocycles. The molecule has 0 saturated carbocycles. The molecule has 0 radical (unpaired) electrons. The number of hydrogen-bond acceptors (Lipinski definition) is 5. The van der Waals surface area contributed by atoms with Gasteiger partial charge in [0, 0.05) is 43.5 Å². The van der Waals surface area contributed by atoms with E-state index in [1.807, 2.05) is 13.0 Å². The number of aryl methyl sites for hydroxylation is 1. The van der Waals surface area contributed by atoms with Gasteiger partial charge < -0.3 is 14.2 Å². The summed E-state index contributed by atoms with van der Waals surface area (Å²) in [4.78, 5) is 25.5. The first-order chi connectivity index (χ1) is 14.3. The molecule has 2 heterocycles. The Balaban J connectivity index is 1.64. The lowest BCUT2D eigenvalue weighted by molar-refractivity contribution is -0.117. The summed E-state index contributed by atoms with van der Waals surface area (Å²) < 4.78 is 35.2. The molecule has 30 heavy (non-hydrogen) atoms. The van der Waals surface area contributed by atoms with Gasteiger partial charge in [-0.05, 0) is 50.5 Å². The quantitative estimate of drug-likeness (QED) is 0.611. The maximum atomic E-state index is 12.9. The van der Waals surface area contributed by atoms with E-state index in [4.69, 9.17) is 4.74 Å². The first kappa shape index (κ1) is 22.0. The highest BCUT2D eigenvalue weighted by molar-refractivity contribution is 7.89. The topological polar surface area (TPSA) is 97.7 Å². The van der Waals surface area contributed by atoms with Crippen molar-refractivity contribution in [2.45, 2.75) is 44.0 Å². The number of unbranched alkanes of at least 4 members (excludes halogenated alkanes) is 1. The summed E-state index contributed by atoms with van der Waals surface area (Å²) in [5.74, 6) is 0.215. The van der Waals surface area contributed by atoms with Gasteiger partial charge in [-0.2, -0.15) is 0 Å². The average molecular weight is 434 g/mol. The number of nitrogens with zero attached hydrogens (tertiary/aromatic N) is 2. The van der Waals surface area contributed by atoms with Gasteiger partial charge in [-0.1, -0.05) is 6.07 Å². The Morgan fingerprint density at radius 3 is 2.60 bits per heavy atom. The van der Waals surface area contributed by atoms with E-state index in [0.29, 0.717) is 38.0 Å². The Kier molecular flexibility index (Phi) is 6.94. The summed E-state index contributed by atoms with van der Waals surface area (Å²) in [6, 6.07) is 9.85. The van der Waals surface area contributed by atoms with Crippen molar-refractivity contribution in [3.63, 3.8) is 0 Å². The highest BCUT2D eigenvalue weighted by Gasteiger charge is 2.25. The molecule has 162 valence electrons. The summed E-state index contributed by atoms with van der Waals surface area (Å²) in [6.07, 6.45) is 2.46. The van der Waals surface area contributed by atoms with Gasteiger partial charge in [-0.25, -0.2) is 13.1 Å². The number of amides is 1. The Morgan fingerprint density at radius 2 is 1.93 bits per heavy atom. The molecule has 3 rings (SSSR count). The first-order valence-electron chi connectivity index (χ1n) is 9.98. The Hall–Kier alpha value is -2.65. The number of nitrogens with one attached hydrogen (secondary N) is 1. The van der Waals surface area contributed by atoms with Crippen molar-refractivity contribution in [3.05, 3.63) is 52.4 Å². The largest absolute Gasteiger partial charge is 0.495 e. The molecule has 1 N–H and O–H groups in total. The Bertz CT molecular complexity index is 1080. The average Bonchev–Trinajstić information content (AvgIpc) is 3.15. The van der Waals surface area contributed by atoms with E-state index in [1.165, 1.54) is 19.2 Å². The zero-order valence-electron chi connectivity index (χ0n) is 17.3. The second-order valence-electron chi connectivity index (χ2n) is 7.25. The predicted octanol–water partition coefficient (Wildman–Crippen LogP) is 2.05. The molecule has 9 heteroatoms. The van der Waals surface area contributed by atoms with Crippen LogP contribution in [0.3, 0.4) is 0 Å². The van der Waals surface area contributed by atoms with E-state index >= 15 is 0 Å². The summed E-state index contributed by atoms with van der Waals surface area (Å²) in [5.41, 5.74) is 1.37. The number of aromatic nitrogens is 1. The number of pyridine rings is 1. The highest BCUT2D eigenvalue weighted by atomic mass is 32.2. The number of benzene rings is 1. The van der Waals surface area contributed by atoms with Gasteiger partial charge in [-0.15, -0.1) is 0 Å². The maximum Gasteiger partial charge on any atom is 0.250 e. The Morgan fingerprint density at radius 1 is 1.13 bits per heavy atom. The van der Waals surface area contributed by atoms with Crippen LogP contribution in [0.4, 0.5) is 5.69 Å². The first-order valence-corrected chi connectivity index (χ1v) is 11.5. The van der Waals surface area contributed by atoms with Gasteiger partial charge in [0.1, 0.15) is 10.6 Å². The number of sulfonamides is 1. The van der Waals surface area contributed by atoms with Crippen molar-refractivity contribution in [2.24, 2.45) is 0 Å². The fourth-order valence-electron chi connectivity index (χ4n) is 3.55. The van der Waals surface area contributed by atoms with Crippen molar-refractivity contribution < 1.29 is 17.9 Å². The minimum atomic E-state index is -3.82. The molecule has 1 aromatic carbocycles. The SMILES string of the molecule is COc1ccc(N2CCCC2=O)cc1S(=O)(=O)NCCCCn1c(C)cccc1=O. The van der Waals surface area contributed by atoms with Crippen LogP contribution in [0.1, 0.15) is 31.4 Å². The molecule has 1 aliphatic heterocycles. The molecule has 0 unspecified atom stereocenters. The standard InChI is InChI=1S/C21H27N3O5S/c1-16-7-5-8-20(25)23(16)13-4-3-12-22-30(27,28)19-15-17(10-11-18(19)29-2)24-14-6-9-21(24)26/h5,7-8,10-11,15,22H,3-4,6,9,12-14H2,1-2H3. The third-order valence-electron chi connectivity index (χ3n) is 5.19. The number of carbonyl (C=O) groups is 1. The number of anilines is 1. The molecule has 1 amide bonds. The van der Waals surface area contributed by atoms with Crippen LogP contribution in [0.2, 0.25) is 0 Å². The minimum absolute atomic E-state index is 0.0112. The van der Waals surface area contributed by atoms with Gasteiger partial charge in [-0.3, -0.25) is 9.59 Å². The third kappa shape index (κ3) is 4.91. The van der Waals surface area contributed by atoms with Gasteiger partial charge in [0.25, 0.3) is 5.56 Å². The summed E-state index contributed by atoms with van der Waals surface area (Å²) in [5, 5.41) is 0. The lowest BCUT2D eigenvalue weighted by atomic mass is 10.3. The van der Waals surface area contributed by atoms with Crippen LogP contribution in [0.25, 0.3) is 0 Å². The van der Waals surface area contributed by atoms with E-state index in [1.54, 1.807) is 27.7 Å². The highest BCUT2D eigenvalue weighted by Crippen LogP contribution is 2.30. The van der Waals surface area contributed by atoms with Crippen LogP contribution in [0.15, 0.2) is 46.1 Å². The van der Waals surface area contributed by atoms with Crippen molar-refractivity contribution >= 4 is 21.6 Å². The molecule has 2 aromatic rings. The second kappa shape index (κ2) is 9.44. The van der Waals surface area contributed by atoms with Gasteiger partial charge in [0.2, 0.25) is 15.9 Å².